The topological polar surface area (TPSA) is 164 Å². The fourth-order valence-electron chi connectivity index (χ4n) is 3.97. The van der Waals surface area contributed by atoms with Crippen molar-refractivity contribution in [2.75, 3.05) is 5.32 Å². The number of rotatable bonds is 11. The molecule has 2 aromatic rings. The lowest BCUT2D eigenvalue weighted by molar-refractivity contribution is -0.149. The van der Waals surface area contributed by atoms with Crippen LogP contribution in [0, 0.1) is 18.8 Å². The first-order valence-electron chi connectivity index (χ1n) is 12.4. The number of alkyl carbamates (subject to hydrolysis) is 1. The number of nitrogens with zero attached hydrogens (tertiary/aromatic N) is 1. The van der Waals surface area contributed by atoms with E-state index in [0.29, 0.717) is 11.1 Å². The molecule has 0 bridgehead atoms. The number of pyridine rings is 1. The lowest BCUT2D eigenvalue weighted by Gasteiger charge is -2.33. The third-order valence-electron chi connectivity index (χ3n) is 5.81. The number of carbonyl (C=O) groups is 3. The molecule has 0 saturated heterocycles. The zero-order valence-corrected chi connectivity index (χ0v) is 24.0. The van der Waals surface area contributed by atoms with Crippen molar-refractivity contribution >= 4 is 32.4 Å². The Morgan fingerprint density at radius 1 is 1.08 bits per heavy atom. The summed E-state index contributed by atoms with van der Waals surface area (Å²) in [5, 5.41) is 24.2. The fraction of sp³-hybridized carbons (Fsp3) is 0.481. The molecule has 4 atom stereocenters. The molecule has 212 valence electrons. The summed E-state index contributed by atoms with van der Waals surface area (Å²) in [6, 6.07) is 9.34. The van der Waals surface area contributed by atoms with Gasteiger partial charge in [-0.05, 0) is 56.7 Å². The van der Waals surface area contributed by atoms with Gasteiger partial charge in [0.2, 0.25) is 0 Å². The first-order chi connectivity index (χ1) is 18.2. The minimum atomic E-state index is -2.33. The fourth-order valence-corrected chi connectivity index (χ4v) is 4.87. The molecule has 0 spiro atoms. The summed E-state index contributed by atoms with van der Waals surface area (Å²) < 4.78 is 22.9. The van der Waals surface area contributed by atoms with E-state index in [2.05, 4.69) is 15.6 Å². The SMILES string of the molecule is Cc1cc(CC(C(=O)O)C(O)([PH+]=O)C(NC(=O)OCc2ccccc2)C(C)C)cnc1NC(=O)OC(C)(C)C. The molecular formula is C27H37N3O8P+. The lowest BCUT2D eigenvalue weighted by atomic mass is 9.84. The maximum atomic E-state index is 12.6. The molecular weight excluding hydrogens is 525 g/mol. The van der Waals surface area contributed by atoms with Gasteiger partial charge in [0.05, 0.1) is 0 Å². The molecule has 12 heteroatoms. The molecule has 4 N–H and O–H groups in total. The average molecular weight is 563 g/mol. The normalized spacial score (nSPS) is 14.7. The highest BCUT2D eigenvalue weighted by molar-refractivity contribution is 7.25. The Kier molecular flexibility index (Phi) is 10.9. The highest BCUT2D eigenvalue weighted by Crippen LogP contribution is 2.38. The van der Waals surface area contributed by atoms with Gasteiger partial charge in [0.25, 0.3) is 5.34 Å². The van der Waals surface area contributed by atoms with Gasteiger partial charge in [-0.25, -0.2) is 14.6 Å². The van der Waals surface area contributed by atoms with Crippen LogP contribution in [0.15, 0.2) is 42.6 Å². The van der Waals surface area contributed by atoms with Gasteiger partial charge in [-0.3, -0.25) is 10.1 Å². The highest BCUT2D eigenvalue weighted by atomic mass is 31.1. The molecule has 2 rings (SSSR count). The van der Waals surface area contributed by atoms with Crippen LogP contribution in [0.1, 0.15) is 51.3 Å². The van der Waals surface area contributed by atoms with E-state index in [0.717, 1.165) is 5.56 Å². The Morgan fingerprint density at radius 2 is 1.72 bits per heavy atom. The average Bonchev–Trinajstić information content (AvgIpc) is 2.84. The molecule has 39 heavy (non-hydrogen) atoms. The Balaban J connectivity index is 2.23. The van der Waals surface area contributed by atoms with Crippen LogP contribution in [0.2, 0.25) is 0 Å². The molecule has 0 aliphatic carbocycles. The van der Waals surface area contributed by atoms with Crippen LogP contribution in [-0.2, 0) is 31.9 Å². The molecule has 0 fully saturated rings. The van der Waals surface area contributed by atoms with E-state index >= 15 is 0 Å². The number of hydrogen-bond acceptors (Lipinski definition) is 8. The smallest absolute Gasteiger partial charge is 0.413 e. The second-order valence-electron chi connectivity index (χ2n) is 10.6. The monoisotopic (exact) mass is 562 g/mol. The molecule has 2 amide bonds. The van der Waals surface area contributed by atoms with E-state index in [4.69, 9.17) is 9.47 Å². The number of ether oxygens (including phenoxy) is 2. The molecule has 4 unspecified atom stereocenters. The van der Waals surface area contributed by atoms with E-state index in [1.165, 1.54) is 6.20 Å². The third kappa shape index (κ3) is 9.30. The number of aromatic nitrogens is 1. The van der Waals surface area contributed by atoms with E-state index < -0.39 is 55.4 Å². The van der Waals surface area contributed by atoms with Gasteiger partial charge in [-0.1, -0.05) is 54.8 Å². The maximum absolute atomic E-state index is 12.6. The van der Waals surface area contributed by atoms with Crippen LogP contribution in [0.3, 0.4) is 0 Å². The quantitative estimate of drug-likeness (QED) is 0.286. The second kappa shape index (κ2) is 13.5. The van der Waals surface area contributed by atoms with Crippen molar-refractivity contribution in [3.05, 3.63) is 59.3 Å². The number of benzene rings is 1. The van der Waals surface area contributed by atoms with Gasteiger partial charge in [-0.2, -0.15) is 0 Å². The molecule has 1 aromatic carbocycles. The molecule has 0 aliphatic heterocycles. The summed E-state index contributed by atoms with van der Waals surface area (Å²) in [7, 11) is -1.48. The Hall–Kier alpha value is -3.56. The number of nitrogens with one attached hydrogen (secondary N) is 2. The number of amides is 2. The first kappa shape index (κ1) is 31.7. The standard InChI is InChI=1S/C27H36N3O8P/c1-16(2)21(29-24(33)37-15-18-10-8-7-9-11-18)27(35,39-36)20(23(31)32)13-19-12-17(3)22(28-14-19)30-25(34)38-26(4,5)6/h7-12,14,16,20-21,35H,13,15H2,1-6H3,(H,29,33)(H,31,32)(H,28,30,34)/p+1. The van der Waals surface area contributed by atoms with Gasteiger partial charge in [0.1, 0.15) is 30.0 Å². The summed E-state index contributed by atoms with van der Waals surface area (Å²) in [6.07, 6.45) is -0.462. The van der Waals surface area contributed by atoms with Crippen LogP contribution in [0.4, 0.5) is 15.4 Å². The van der Waals surface area contributed by atoms with Crippen LogP contribution >= 0.6 is 8.46 Å². The van der Waals surface area contributed by atoms with Crippen LogP contribution in [-0.4, -0.2) is 50.3 Å². The Labute approximate surface area is 229 Å². The molecule has 0 radical (unpaired) electrons. The van der Waals surface area contributed by atoms with Gasteiger partial charge >= 0.3 is 26.6 Å². The second-order valence-corrected chi connectivity index (χ2v) is 11.6. The van der Waals surface area contributed by atoms with Crippen molar-refractivity contribution in [1.82, 2.24) is 10.3 Å². The van der Waals surface area contributed by atoms with Crippen molar-refractivity contribution in [2.24, 2.45) is 11.8 Å². The van der Waals surface area contributed by atoms with E-state index in [1.807, 2.05) is 6.07 Å². The summed E-state index contributed by atoms with van der Waals surface area (Å²) in [6.45, 7) is 10.1. The summed E-state index contributed by atoms with van der Waals surface area (Å²) >= 11 is 0. The first-order valence-corrected chi connectivity index (χ1v) is 13.3. The number of aryl methyl sites for hydroxylation is 1. The third-order valence-corrected chi connectivity index (χ3v) is 6.80. The minimum Gasteiger partial charge on any atom is -0.481 e. The molecule has 0 saturated carbocycles. The number of aliphatic hydroxyl groups is 1. The van der Waals surface area contributed by atoms with Crippen LogP contribution in [0.25, 0.3) is 0 Å². The predicted molar refractivity (Wildman–Crippen MR) is 146 cm³/mol. The summed E-state index contributed by atoms with van der Waals surface area (Å²) in [5.74, 6) is -3.24. The van der Waals surface area contributed by atoms with Crippen molar-refractivity contribution in [2.45, 2.75) is 71.6 Å². The number of aliphatic carboxylic acids is 1. The molecule has 0 aliphatic rings. The Morgan fingerprint density at radius 3 is 2.23 bits per heavy atom. The van der Waals surface area contributed by atoms with E-state index in [-0.39, 0.29) is 18.8 Å². The number of hydrogen-bond donors (Lipinski definition) is 4. The van der Waals surface area contributed by atoms with Gasteiger partial charge in [0.15, 0.2) is 0 Å². The van der Waals surface area contributed by atoms with Crippen molar-refractivity contribution in [3.63, 3.8) is 0 Å². The Bertz CT molecular complexity index is 1170. The lowest BCUT2D eigenvalue weighted by Crippen LogP contribution is -2.58. The van der Waals surface area contributed by atoms with Crippen LogP contribution in [0.5, 0.6) is 0 Å². The maximum Gasteiger partial charge on any atom is 0.413 e. The predicted octanol–water partition coefficient (Wildman–Crippen LogP) is 4.64. The summed E-state index contributed by atoms with van der Waals surface area (Å²) in [4.78, 5) is 41.2. The van der Waals surface area contributed by atoms with E-state index in [9.17, 15) is 29.2 Å². The van der Waals surface area contributed by atoms with E-state index in [1.54, 1.807) is 71.9 Å². The number of carboxylic acid groups (broad SMARTS) is 1. The number of carbonyl (C=O) groups excluding carboxylic acids is 2. The van der Waals surface area contributed by atoms with Gasteiger partial charge < -0.3 is 25.0 Å². The van der Waals surface area contributed by atoms with Crippen molar-refractivity contribution < 1.29 is 38.6 Å². The zero-order valence-electron chi connectivity index (χ0n) is 23.0. The van der Waals surface area contributed by atoms with Crippen molar-refractivity contribution in [1.29, 1.82) is 0 Å². The summed E-state index contributed by atoms with van der Waals surface area (Å²) in [5.41, 5.74) is 0.982. The minimum absolute atomic E-state index is 0.0352. The molecule has 11 nitrogen and oxygen atoms in total. The zero-order chi connectivity index (χ0) is 29.4. The van der Waals surface area contributed by atoms with Crippen molar-refractivity contribution in [3.8, 4) is 0 Å². The molecule has 1 aromatic heterocycles. The largest absolute Gasteiger partial charge is 0.481 e. The van der Waals surface area contributed by atoms with Crippen LogP contribution < -0.4 is 10.6 Å². The highest BCUT2D eigenvalue weighted by Gasteiger charge is 2.57. The van der Waals surface area contributed by atoms with Gasteiger partial charge in [0, 0.05) is 6.20 Å². The number of carboxylic acids is 1. The van der Waals surface area contributed by atoms with Gasteiger partial charge in [-0.15, -0.1) is 0 Å². The number of anilines is 1. The molecule has 1 heterocycles.